The molecule has 4 nitrogen and oxygen atoms in total. The average Bonchev–Trinajstić information content (AvgIpc) is 2.61. The Balaban J connectivity index is 2.11. The molecular weight excluding hydrogens is 304 g/mol. The van der Waals surface area contributed by atoms with E-state index in [9.17, 15) is 4.79 Å². The van der Waals surface area contributed by atoms with Crippen molar-refractivity contribution < 1.29 is 19.4 Å². The van der Waals surface area contributed by atoms with Crippen LogP contribution in [0.5, 0.6) is 11.5 Å². The first kappa shape index (κ1) is 20.5. The molecule has 1 rings (SSSR count). The molecule has 0 aliphatic carbocycles. The second-order valence-electron chi connectivity index (χ2n) is 6.01. The Hall–Kier alpha value is -1.55. The van der Waals surface area contributed by atoms with Gasteiger partial charge in [0.15, 0.2) is 11.5 Å². The summed E-state index contributed by atoms with van der Waals surface area (Å²) in [5.41, 5.74) is 0.602. The van der Waals surface area contributed by atoms with Gasteiger partial charge in [-0.3, -0.25) is 4.79 Å². The smallest absolute Gasteiger partial charge is 0.161 e. The summed E-state index contributed by atoms with van der Waals surface area (Å²) in [6.07, 6.45) is 11.4. The van der Waals surface area contributed by atoms with E-state index in [4.69, 9.17) is 14.6 Å². The standard InChI is InChI=1S/C20H32O4/c1-2-23-20-16-18(17-22)12-13-19(20)24-15-11-9-7-5-3-4-6-8-10-14-21/h12-13,16-17,21H,2-11,14-15H2,1H3. The number of ether oxygens (including phenoxy) is 2. The van der Waals surface area contributed by atoms with Crippen molar-refractivity contribution >= 4 is 6.29 Å². The highest BCUT2D eigenvalue weighted by molar-refractivity contribution is 5.76. The summed E-state index contributed by atoms with van der Waals surface area (Å²) < 4.78 is 11.3. The fourth-order valence-corrected chi connectivity index (χ4v) is 2.62. The number of carbonyl (C=O) groups excluding carboxylic acids is 1. The highest BCUT2D eigenvalue weighted by atomic mass is 16.5. The van der Waals surface area contributed by atoms with Gasteiger partial charge < -0.3 is 14.6 Å². The maximum atomic E-state index is 10.8. The summed E-state index contributed by atoms with van der Waals surface area (Å²) >= 11 is 0. The molecule has 0 radical (unpaired) electrons. The zero-order valence-electron chi connectivity index (χ0n) is 15.0. The topological polar surface area (TPSA) is 55.8 Å². The second-order valence-corrected chi connectivity index (χ2v) is 6.01. The van der Waals surface area contributed by atoms with Gasteiger partial charge in [0.25, 0.3) is 0 Å². The van der Waals surface area contributed by atoms with Crippen LogP contribution < -0.4 is 9.47 Å². The van der Waals surface area contributed by atoms with Crippen molar-refractivity contribution in [2.45, 2.75) is 64.7 Å². The number of rotatable bonds is 15. The van der Waals surface area contributed by atoms with E-state index in [1.54, 1.807) is 18.2 Å². The molecule has 0 aromatic heterocycles. The fourth-order valence-electron chi connectivity index (χ4n) is 2.62. The predicted molar refractivity (Wildman–Crippen MR) is 97.1 cm³/mol. The molecular formula is C20H32O4. The van der Waals surface area contributed by atoms with Crippen LogP contribution in [0, 0.1) is 0 Å². The lowest BCUT2D eigenvalue weighted by atomic mass is 10.1. The lowest BCUT2D eigenvalue weighted by Crippen LogP contribution is -2.01. The van der Waals surface area contributed by atoms with Crippen molar-refractivity contribution in [2.24, 2.45) is 0 Å². The quantitative estimate of drug-likeness (QED) is 0.370. The van der Waals surface area contributed by atoms with Crippen molar-refractivity contribution in [1.82, 2.24) is 0 Å². The van der Waals surface area contributed by atoms with Crippen LogP contribution in [0.1, 0.15) is 75.1 Å². The lowest BCUT2D eigenvalue weighted by Gasteiger charge is -2.12. The van der Waals surface area contributed by atoms with Crippen LogP contribution in [0.15, 0.2) is 18.2 Å². The molecule has 0 aliphatic rings. The van der Waals surface area contributed by atoms with Gasteiger partial charge in [-0.1, -0.05) is 44.9 Å². The molecule has 0 amide bonds. The minimum Gasteiger partial charge on any atom is -0.490 e. The fraction of sp³-hybridized carbons (Fsp3) is 0.650. The van der Waals surface area contributed by atoms with E-state index < -0.39 is 0 Å². The van der Waals surface area contributed by atoms with Crippen LogP contribution in [0.2, 0.25) is 0 Å². The van der Waals surface area contributed by atoms with Crippen molar-refractivity contribution in [1.29, 1.82) is 0 Å². The van der Waals surface area contributed by atoms with E-state index >= 15 is 0 Å². The van der Waals surface area contributed by atoms with Crippen molar-refractivity contribution in [3.8, 4) is 11.5 Å². The number of aliphatic hydroxyl groups is 1. The molecule has 0 aliphatic heterocycles. The normalized spacial score (nSPS) is 10.6. The van der Waals surface area contributed by atoms with Crippen LogP contribution in [-0.2, 0) is 0 Å². The van der Waals surface area contributed by atoms with Crippen molar-refractivity contribution in [2.75, 3.05) is 19.8 Å². The average molecular weight is 336 g/mol. The van der Waals surface area contributed by atoms with Crippen LogP contribution >= 0.6 is 0 Å². The van der Waals surface area contributed by atoms with Gasteiger partial charge in [-0.2, -0.15) is 0 Å². The molecule has 136 valence electrons. The molecule has 1 N–H and O–H groups in total. The first-order chi connectivity index (χ1) is 11.8. The van der Waals surface area contributed by atoms with Crippen molar-refractivity contribution in [3.63, 3.8) is 0 Å². The Morgan fingerprint density at radius 1 is 0.875 bits per heavy atom. The van der Waals surface area contributed by atoms with Crippen LogP contribution in [0.4, 0.5) is 0 Å². The Kier molecular flexibility index (Phi) is 11.8. The van der Waals surface area contributed by atoms with Gasteiger partial charge in [-0.15, -0.1) is 0 Å². The minimum atomic E-state index is 0.322. The van der Waals surface area contributed by atoms with Gasteiger partial charge in [0.1, 0.15) is 6.29 Å². The summed E-state index contributed by atoms with van der Waals surface area (Å²) in [5, 5.41) is 8.71. The largest absolute Gasteiger partial charge is 0.490 e. The summed E-state index contributed by atoms with van der Waals surface area (Å²) in [6, 6.07) is 5.28. The van der Waals surface area contributed by atoms with Gasteiger partial charge >= 0.3 is 0 Å². The molecule has 0 fully saturated rings. The first-order valence-electron chi connectivity index (χ1n) is 9.27. The molecule has 24 heavy (non-hydrogen) atoms. The number of hydrogen-bond donors (Lipinski definition) is 1. The molecule has 0 heterocycles. The highest BCUT2D eigenvalue weighted by Gasteiger charge is 2.06. The summed E-state index contributed by atoms with van der Waals surface area (Å²) in [6.45, 7) is 3.47. The third kappa shape index (κ3) is 8.92. The van der Waals surface area contributed by atoms with Crippen LogP contribution in [-0.4, -0.2) is 31.2 Å². The van der Waals surface area contributed by atoms with Gasteiger partial charge in [0.2, 0.25) is 0 Å². The highest BCUT2D eigenvalue weighted by Crippen LogP contribution is 2.28. The number of benzene rings is 1. The van der Waals surface area contributed by atoms with Gasteiger partial charge in [0.05, 0.1) is 13.2 Å². The maximum absolute atomic E-state index is 10.8. The first-order valence-corrected chi connectivity index (χ1v) is 9.27. The molecule has 0 unspecified atom stereocenters. The van der Waals surface area contributed by atoms with Gasteiger partial charge in [0, 0.05) is 12.2 Å². The Morgan fingerprint density at radius 2 is 1.50 bits per heavy atom. The SMILES string of the molecule is CCOc1cc(C=O)ccc1OCCCCCCCCCCCO. The Bertz CT molecular complexity index is 445. The molecule has 0 bridgehead atoms. The monoisotopic (exact) mass is 336 g/mol. The number of unbranched alkanes of at least 4 members (excludes halogenated alkanes) is 8. The van der Waals surface area contributed by atoms with E-state index in [0.29, 0.717) is 36.9 Å². The number of hydrogen-bond acceptors (Lipinski definition) is 4. The van der Waals surface area contributed by atoms with Crippen LogP contribution in [0.3, 0.4) is 0 Å². The number of carbonyl (C=O) groups is 1. The molecule has 1 aromatic carbocycles. The van der Waals surface area contributed by atoms with Gasteiger partial charge in [-0.05, 0) is 38.0 Å². The number of aldehydes is 1. The lowest BCUT2D eigenvalue weighted by molar-refractivity contribution is 0.112. The maximum Gasteiger partial charge on any atom is 0.161 e. The van der Waals surface area contributed by atoms with E-state index in [2.05, 4.69) is 0 Å². The zero-order valence-corrected chi connectivity index (χ0v) is 15.0. The molecule has 0 saturated heterocycles. The molecule has 4 heteroatoms. The van der Waals surface area contributed by atoms with Gasteiger partial charge in [-0.25, -0.2) is 0 Å². The minimum absolute atomic E-state index is 0.322. The van der Waals surface area contributed by atoms with Crippen molar-refractivity contribution in [3.05, 3.63) is 23.8 Å². The summed E-state index contributed by atoms with van der Waals surface area (Å²) in [4.78, 5) is 10.8. The summed E-state index contributed by atoms with van der Waals surface area (Å²) in [5.74, 6) is 1.36. The van der Waals surface area contributed by atoms with Crippen LogP contribution in [0.25, 0.3) is 0 Å². The van der Waals surface area contributed by atoms with E-state index in [-0.39, 0.29) is 0 Å². The third-order valence-corrected chi connectivity index (χ3v) is 3.96. The third-order valence-electron chi connectivity index (χ3n) is 3.96. The molecule has 0 spiro atoms. The van der Waals surface area contributed by atoms with E-state index in [0.717, 1.165) is 25.5 Å². The molecule has 0 saturated carbocycles. The Labute approximate surface area is 146 Å². The van der Waals surface area contributed by atoms with E-state index in [1.165, 1.54) is 38.5 Å². The summed E-state index contributed by atoms with van der Waals surface area (Å²) in [7, 11) is 0. The zero-order chi connectivity index (χ0) is 17.5. The number of aliphatic hydroxyl groups excluding tert-OH is 1. The molecule has 0 atom stereocenters. The predicted octanol–water partition coefficient (Wildman–Crippen LogP) is 4.78. The van der Waals surface area contributed by atoms with E-state index in [1.807, 2.05) is 6.92 Å². The Morgan fingerprint density at radius 3 is 2.08 bits per heavy atom. The molecule has 1 aromatic rings. The second kappa shape index (κ2) is 13.8.